The number of likely N-dealkylation sites (tertiary alicyclic amines) is 1. The molecule has 0 atom stereocenters. The maximum absolute atomic E-state index is 11.9. The van der Waals surface area contributed by atoms with E-state index in [0.29, 0.717) is 11.4 Å². The van der Waals surface area contributed by atoms with Gasteiger partial charge in [0.1, 0.15) is 5.75 Å². The number of carbonyl (C=O) groups excluding carboxylic acids is 1. The maximum atomic E-state index is 11.9. The van der Waals surface area contributed by atoms with E-state index in [9.17, 15) is 9.59 Å². The summed E-state index contributed by atoms with van der Waals surface area (Å²) >= 11 is 0. The standard InChI is InChI=1S/C13H16N2O4/c16-12(17)9-19-11-5-3-4-10(8-11)14-13(18)15-6-1-2-7-15/h3-5,8H,1-2,6-7,9H2,(H,14,18)(H,16,17). The normalized spacial score (nSPS) is 14.2. The Morgan fingerprint density at radius 2 is 2.05 bits per heavy atom. The number of carbonyl (C=O) groups is 2. The molecule has 102 valence electrons. The van der Waals surface area contributed by atoms with Gasteiger partial charge in [-0.1, -0.05) is 6.07 Å². The van der Waals surface area contributed by atoms with Gasteiger partial charge in [-0.2, -0.15) is 0 Å². The molecule has 1 aromatic rings. The number of benzene rings is 1. The Kier molecular flexibility index (Phi) is 4.22. The second-order valence-corrected chi connectivity index (χ2v) is 4.33. The van der Waals surface area contributed by atoms with Crippen molar-refractivity contribution in [3.8, 4) is 5.75 Å². The molecule has 1 aliphatic rings. The first-order chi connectivity index (χ1) is 9.15. The van der Waals surface area contributed by atoms with Gasteiger partial charge in [0.2, 0.25) is 0 Å². The number of nitrogens with one attached hydrogen (secondary N) is 1. The van der Waals surface area contributed by atoms with Crippen LogP contribution in [0.25, 0.3) is 0 Å². The lowest BCUT2D eigenvalue weighted by Crippen LogP contribution is -2.32. The monoisotopic (exact) mass is 264 g/mol. The molecule has 0 aromatic heterocycles. The lowest BCUT2D eigenvalue weighted by Gasteiger charge is -2.16. The van der Waals surface area contributed by atoms with Crippen molar-refractivity contribution >= 4 is 17.7 Å². The fraction of sp³-hybridized carbons (Fsp3) is 0.385. The van der Waals surface area contributed by atoms with Crippen LogP contribution in [0, 0.1) is 0 Å². The summed E-state index contributed by atoms with van der Waals surface area (Å²) in [5.41, 5.74) is 0.597. The van der Waals surface area contributed by atoms with Crippen molar-refractivity contribution < 1.29 is 19.4 Å². The van der Waals surface area contributed by atoms with E-state index >= 15 is 0 Å². The summed E-state index contributed by atoms with van der Waals surface area (Å²) in [5.74, 6) is -0.617. The number of aliphatic carboxylic acids is 1. The number of anilines is 1. The molecule has 0 radical (unpaired) electrons. The molecule has 1 heterocycles. The number of carboxylic acid groups (broad SMARTS) is 1. The van der Waals surface area contributed by atoms with Crippen molar-refractivity contribution in [1.29, 1.82) is 0 Å². The van der Waals surface area contributed by atoms with Crippen LogP contribution in [-0.2, 0) is 4.79 Å². The SMILES string of the molecule is O=C(O)COc1cccc(NC(=O)N2CCCC2)c1. The van der Waals surface area contributed by atoms with Gasteiger partial charge in [0.05, 0.1) is 0 Å². The first-order valence-corrected chi connectivity index (χ1v) is 6.16. The number of hydrogen-bond acceptors (Lipinski definition) is 3. The van der Waals surface area contributed by atoms with Crippen LogP contribution >= 0.6 is 0 Å². The third-order valence-corrected chi connectivity index (χ3v) is 2.84. The third-order valence-electron chi connectivity index (χ3n) is 2.84. The van der Waals surface area contributed by atoms with E-state index in [2.05, 4.69) is 5.32 Å². The Hall–Kier alpha value is -2.24. The first-order valence-electron chi connectivity index (χ1n) is 6.16. The van der Waals surface area contributed by atoms with E-state index < -0.39 is 12.6 Å². The Bertz CT molecular complexity index is 469. The molecule has 1 aromatic carbocycles. The van der Waals surface area contributed by atoms with Crippen LogP contribution in [0.5, 0.6) is 5.75 Å². The second kappa shape index (κ2) is 6.08. The summed E-state index contributed by atoms with van der Waals surface area (Å²) in [4.78, 5) is 24.0. The zero-order valence-corrected chi connectivity index (χ0v) is 10.5. The number of nitrogens with zero attached hydrogens (tertiary/aromatic N) is 1. The lowest BCUT2D eigenvalue weighted by atomic mass is 10.3. The van der Waals surface area contributed by atoms with Crippen LogP contribution in [0.1, 0.15) is 12.8 Å². The van der Waals surface area contributed by atoms with Crippen LogP contribution in [0.2, 0.25) is 0 Å². The minimum Gasteiger partial charge on any atom is -0.482 e. The zero-order valence-electron chi connectivity index (χ0n) is 10.5. The van der Waals surface area contributed by atoms with Gasteiger partial charge >= 0.3 is 12.0 Å². The van der Waals surface area contributed by atoms with Gasteiger partial charge in [0, 0.05) is 24.8 Å². The van der Waals surface area contributed by atoms with Crippen molar-refractivity contribution in [3.63, 3.8) is 0 Å². The smallest absolute Gasteiger partial charge is 0.341 e. The lowest BCUT2D eigenvalue weighted by molar-refractivity contribution is -0.139. The molecule has 2 rings (SSSR count). The summed E-state index contributed by atoms with van der Waals surface area (Å²) in [6, 6.07) is 6.57. The summed E-state index contributed by atoms with van der Waals surface area (Å²) in [6.07, 6.45) is 2.07. The number of ether oxygens (including phenoxy) is 1. The van der Waals surface area contributed by atoms with Gasteiger partial charge in [0.15, 0.2) is 6.61 Å². The fourth-order valence-corrected chi connectivity index (χ4v) is 1.93. The largest absolute Gasteiger partial charge is 0.482 e. The Labute approximate surface area is 111 Å². The molecule has 0 aliphatic carbocycles. The highest BCUT2D eigenvalue weighted by molar-refractivity contribution is 5.89. The molecule has 1 aliphatic heterocycles. The first kappa shape index (κ1) is 13.2. The van der Waals surface area contributed by atoms with Gasteiger partial charge in [-0.25, -0.2) is 9.59 Å². The van der Waals surface area contributed by atoms with E-state index in [0.717, 1.165) is 25.9 Å². The van der Waals surface area contributed by atoms with Gasteiger partial charge in [-0.05, 0) is 25.0 Å². The molecule has 0 spiro atoms. The molecule has 1 fully saturated rings. The molecule has 0 saturated carbocycles. The minimum atomic E-state index is -1.04. The Balaban J connectivity index is 1.94. The molecule has 19 heavy (non-hydrogen) atoms. The molecular weight excluding hydrogens is 248 g/mol. The van der Waals surface area contributed by atoms with Gasteiger partial charge in [0.25, 0.3) is 0 Å². The van der Waals surface area contributed by atoms with Gasteiger partial charge in [-0.3, -0.25) is 0 Å². The second-order valence-electron chi connectivity index (χ2n) is 4.33. The number of amides is 2. The highest BCUT2D eigenvalue weighted by Crippen LogP contribution is 2.18. The van der Waals surface area contributed by atoms with Crippen LogP contribution in [-0.4, -0.2) is 41.7 Å². The molecular formula is C13H16N2O4. The average Bonchev–Trinajstić information content (AvgIpc) is 2.91. The van der Waals surface area contributed by atoms with Crippen molar-refractivity contribution in [2.24, 2.45) is 0 Å². The molecule has 0 bridgehead atoms. The highest BCUT2D eigenvalue weighted by Gasteiger charge is 2.17. The number of hydrogen-bond donors (Lipinski definition) is 2. The topological polar surface area (TPSA) is 78.9 Å². The van der Waals surface area contributed by atoms with E-state index in [1.165, 1.54) is 0 Å². The summed E-state index contributed by atoms with van der Waals surface area (Å²) in [6.45, 7) is 1.16. The molecule has 6 heteroatoms. The van der Waals surface area contributed by atoms with Crippen LogP contribution in [0.4, 0.5) is 10.5 Å². The number of carboxylic acids is 1. The predicted octanol–water partition coefficient (Wildman–Crippen LogP) is 1.78. The van der Waals surface area contributed by atoms with Crippen molar-refractivity contribution in [3.05, 3.63) is 24.3 Å². The van der Waals surface area contributed by atoms with E-state index in [4.69, 9.17) is 9.84 Å². The van der Waals surface area contributed by atoms with Crippen LogP contribution in [0.3, 0.4) is 0 Å². The minimum absolute atomic E-state index is 0.132. The Morgan fingerprint density at radius 1 is 1.32 bits per heavy atom. The molecule has 6 nitrogen and oxygen atoms in total. The average molecular weight is 264 g/mol. The maximum Gasteiger partial charge on any atom is 0.341 e. The highest BCUT2D eigenvalue weighted by atomic mass is 16.5. The fourth-order valence-electron chi connectivity index (χ4n) is 1.93. The molecule has 0 unspecified atom stereocenters. The zero-order chi connectivity index (χ0) is 13.7. The van der Waals surface area contributed by atoms with Crippen molar-refractivity contribution in [1.82, 2.24) is 4.90 Å². The molecule has 1 saturated heterocycles. The van der Waals surface area contributed by atoms with Gasteiger partial charge in [-0.15, -0.1) is 0 Å². The summed E-state index contributed by atoms with van der Waals surface area (Å²) in [5, 5.41) is 11.3. The van der Waals surface area contributed by atoms with E-state index in [-0.39, 0.29) is 6.03 Å². The quantitative estimate of drug-likeness (QED) is 0.868. The van der Waals surface area contributed by atoms with Crippen molar-refractivity contribution in [2.75, 3.05) is 25.0 Å². The number of urea groups is 1. The summed E-state index contributed by atoms with van der Waals surface area (Å²) in [7, 11) is 0. The number of rotatable bonds is 4. The summed E-state index contributed by atoms with van der Waals surface area (Å²) < 4.78 is 5.05. The molecule has 2 N–H and O–H groups in total. The van der Waals surface area contributed by atoms with E-state index in [1.54, 1.807) is 29.2 Å². The Morgan fingerprint density at radius 3 is 2.74 bits per heavy atom. The van der Waals surface area contributed by atoms with Crippen LogP contribution in [0.15, 0.2) is 24.3 Å². The van der Waals surface area contributed by atoms with Crippen molar-refractivity contribution in [2.45, 2.75) is 12.8 Å². The predicted molar refractivity (Wildman–Crippen MR) is 69.4 cm³/mol. The van der Waals surface area contributed by atoms with Crippen LogP contribution < -0.4 is 10.1 Å². The molecule has 2 amide bonds. The van der Waals surface area contributed by atoms with Gasteiger partial charge < -0.3 is 20.1 Å². The third kappa shape index (κ3) is 3.87. The van der Waals surface area contributed by atoms with E-state index in [1.807, 2.05) is 0 Å².